The van der Waals surface area contributed by atoms with Crippen molar-refractivity contribution in [2.75, 3.05) is 6.61 Å². The van der Waals surface area contributed by atoms with Crippen LogP contribution in [0.25, 0.3) is 11.3 Å². The molecule has 2 rings (SSSR count). The lowest BCUT2D eigenvalue weighted by Crippen LogP contribution is -2.27. The lowest BCUT2D eigenvalue weighted by molar-refractivity contribution is 0.0574. The van der Waals surface area contributed by atoms with Gasteiger partial charge in [-0.1, -0.05) is 30.3 Å². The molecule has 1 N–H and O–H groups in total. The fraction of sp³-hybridized carbons (Fsp3) is 0.412. The summed E-state index contributed by atoms with van der Waals surface area (Å²) in [7, 11) is 0. The van der Waals surface area contributed by atoms with Crippen molar-refractivity contribution in [1.29, 1.82) is 0 Å². The fourth-order valence-corrected chi connectivity index (χ4v) is 2.36. The van der Waals surface area contributed by atoms with Crippen LogP contribution in [0.15, 0.2) is 30.3 Å². The van der Waals surface area contributed by atoms with Crippen molar-refractivity contribution >= 4 is 6.29 Å². The number of ether oxygens (including phenoxy) is 1. The van der Waals surface area contributed by atoms with Gasteiger partial charge in [-0.2, -0.15) is 0 Å². The number of hydrogen-bond acceptors (Lipinski definition) is 4. The number of aldehydes is 1. The van der Waals surface area contributed by atoms with E-state index in [9.17, 15) is 9.90 Å². The van der Waals surface area contributed by atoms with E-state index < -0.39 is 5.60 Å². The number of imidazole rings is 1. The summed E-state index contributed by atoms with van der Waals surface area (Å²) in [5.41, 5.74) is 1.05. The standard InChI is InChI=1S/C17H22N2O3/c1-4-22-11-15-18-14(10-20)16(13-8-6-5-7-9-13)19(15)12-17(2,3)21/h5-10,21H,4,11-12H2,1-3H3. The molecule has 5 nitrogen and oxygen atoms in total. The summed E-state index contributed by atoms with van der Waals surface area (Å²) >= 11 is 0. The maximum absolute atomic E-state index is 11.4. The second kappa shape index (κ2) is 6.85. The monoisotopic (exact) mass is 302 g/mol. The molecule has 0 bridgehead atoms. The van der Waals surface area contributed by atoms with E-state index in [1.807, 2.05) is 41.8 Å². The van der Waals surface area contributed by atoms with Gasteiger partial charge in [-0.25, -0.2) is 4.98 Å². The van der Waals surface area contributed by atoms with E-state index in [1.54, 1.807) is 13.8 Å². The summed E-state index contributed by atoms with van der Waals surface area (Å²) in [5, 5.41) is 10.2. The first-order valence-corrected chi connectivity index (χ1v) is 7.36. The first-order chi connectivity index (χ1) is 10.5. The molecule has 0 saturated carbocycles. The largest absolute Gasteiger partial charge is 0.389 e. The van der Waals surface area contributed by atoms with Crippen LogP contribution in [-0.2, 0) is 17.9 Å². The molecule has 0 saturated heterocycles. The van der Waals surface area contributed by atoms with Crippen LogP contribution >= 0.6 is 0 Å². The van der Waals surface area contributed by atoms with Gasteiger partial charge in [-0.05, 0) is 20.8 Å². The summed E-state index contributed by atoms with van der Waals surface area (Å²) in [5.74, 6) is 0.643. The molecule has 0 radical (unpaired) electrons. The first kappa shape index (κ1) is 16.4. The molecule has 0 aliphatic rings. The second-order valence-corrected chi connectivity index (χ2v) is 5.78. The Bertz CT molecular complexity index is 627. The van der Waals surface area contributed by atoms with Crippen LogP contribution in [0, 0.1) is 0 Å². The number of benzene rings is 1. The zero-order valence-corrected chi connectivity index (χ0v) is 13.2. The third-order valence-electron chi connectivity index (χ3n) is 3.21. The molecule has 118 valence electrons. The topological polar surface area (TPSA) is 64.3 Å². The molecule has 1 aromatic heterocycles. The molecular weight excluding hydrogens is 280 g/mol. The third-order valence-corrected chi connectivity index (χ3v) is 3.21. The Labute approximate surface area is 130 Å². The highest BCUT2D eigenvalue weighted by atomic mass is 16.5. The molecule has 22 heavy (non-hydrogen) atoms. The maximum Gasteiger partial charge on any atom is 0.170 e. The van der Waals surface area contributed by atoms with Crippen LogP contribution in [0.3, 0.4) is 0 Å². The lowest BCUT2D eigenvalue weighted by atomic mass is 10.1. The van der Waals surface area contributed by atoms with E-state index in [0.717, 1.165) is 11.8 Å². The van der Waals surface area contributed by atoms with Crippen LogP contribution in [0.1, 0.15) is 37.1 Å². The Morgan fingerprint density at radius 2 is 2.00 bits per heavy atom. The molecule has 0 unspecified atom stereocenters. The number of carbonyl (C=O) groups excluding carboxylic acids is 1. The van der Waals surface area contributed by atoms with Crippen LogP contribution in [0.5, 0.6) is 0 Å². The van der Waals surface area contributed by atoms with Gasteiger partial charge in [0.2, 0.25) is 0 Å². The molecule has 0 aliphatic heterocycles. The lowest BCUT2D eigenvalue weighted by Gasteiger charge is -2.21. The average molecular weight is 302 g/mol. The van der Waals surface area contributed by atoms with E-state index in [0.29, 0.717) is 37.0 Å². The van der Waals surface area contributed by atoms with E-state index in [-0.39, 0.29) is 0 Å². The van der Waals surface area contributed by atoms with Gasteiger partial charge >= 0.3 is 0 Å². The second-order valence-electron chi connectivity index (χ2n) is 5.78. The Kier molecular flexibility index (Phi) is 5.11. The summed E-state index contributed by atoms with van der Waals surface area (Å²) in [6.07, 6.45) is 0.749. The molecule has 1 heterocycles. The van der Waals surface area contributed by atoms with Gasteiger partial charge in [0, 0.05) is 12.2 Å². The predicted molar refractivity (Wildman–Crippen MR) is 84.7 cm³/mol. The Hall–Kier alpha value is -1.98. The third kappa shape index (κ3) is 3.81. The van der Waals surface area contributed by atoms with Crippen LogP contribution in [-0.4, -0.2) is 33.2 Å². The normalized spacial score (nSPS) is 11.6. The molecule has 0 aliphatic carbocycles. The van der Waals surface area contributed by atoms with E-state index in [2.05, 4.69) is 4.98 Å². The van der Waals surface area contributed by atoms with Crippen molar-refractivity contribution in [2.45, 2.75) is 39.5 Å². The van der Waals surface area contributed by atoms with E-state index >= 15 is 0 Å². The predicted octanol–water partition coefficient (Wildman–Crippen LogP) is 2.67. The molecule has 0 spiro atoms. The number of hydrogen-bond donors (Lipinski definition) is 1. The summed E-state index contributed by atoms with van der Waals surface area (Å²) < 4.78 is 7.31. The summed E-state index contributed by atoms with van der Waals surface area (Å²) in [6.45, 7) is 6.56. The number of aliphatic hydroxyl groups is 1. The van der Waals surface area contributed by atoms with Gasteiger partial charge in [0.1, 0.15) is 18.1 Å². The first-order valence-electron chi connectivity index (χ1n) is 7.36. The number of nitrogens with zero attached hydrogens (tertiary/aromatic N) is 2. The number of carbonyl (C=O) groups is 1. The summed E-state index contributed by atoms with van der Waals surface area (Å²) in [6, 6.07) is 9.59. The quantitative estimate of drug-likeness (QED) is 0.799. The van der Waals surface area contributed by atoms with Crippen molar-refractivity contribution < 1.29 is 14.6 Å². The molecule has 2 aromatic rings. The minimum absolute atomic E-state index is 0.306. The molecule has 0 atom stereocenters. The van der Waals surface area contributed by atoms with Crippen LogP contribution in [0.4, 0.5) is 0 Å². The zero-order valence-electron chi connectivity index (χ0n) is 13.2. The van der Waals surface area contributed by atoms with Gasteiger partial charge in [-0.3, -0.25) is 4.79 Å². The fourth-order valence-electron chi connectivity index (χ4n) is 2.36. The van der Waals surface area contributed by atoms with Crippen molar-refractivity contribution in [1.82, 2.24) is 9.55 Å². The van der Waals surface area contributed by atoms with Gasteiger partial charge < -0.3 is 14.4 Å². The minimum Gasteiger partial charge on any atom is -0.389 e. The minimum atomic E-state index is -0.925. The van der Waals surface area contributed by atoms with Crippen molar-refractivity contribution in [2.24, 2.45) is 0 Å². The number of aromatic nitrogens is 2. The highest BCUT2D eigenvalue weighted by Gasteiger charge is 2.23. The number of rotatable bonds is 7. The average Bonchev–Trinajstić information content (AvgIpc) is 2.81. The van der Waals surface area contributed by atoms with Crippen molar-refractivity contribution in [3.05, 3.63) is 41.9 Å². The molecule has 0 fully saturated rings. The van der Waals surface area contributed by atoms with Crippen molar-refractivity contribution in [3.63, 3.8) is 0 Å². The Balaban J connectivity index is 2.57. The van der Waals surface area contributed by atoms with E-state index in [4.69, 9.17) is 4.74 Å². The van der Waals surface area contributed by atoms with Gasteiger partial charge in [0.15, 0.2) is 6.29 Å². The Morgan fingerprint density at radius 3 is 2.55 bits per heavy atom. The van der Waals surface area contributed by atoms with Gasteiger partial charge in [-0.15, -0.1) is 0 Å². The van der Waals surface area contributed by atoms with E-state index in [1.165, 1.54) is 0 Å². The molecular formula is C17H22N2O3. The van der Waals surface area contributed by atoms with Gasteiger partial charge in [0.05, 0.1) is 17.8 Å². The SMILES string of the molecule is CCOCc1nc(C=O)c(-c2ccccc2)n1CC(C)(C)O. The van der Waals surface area contributed by atoms with Crippen LogP contribution < -0.4 is 0 Å². The highest BCUT2D eigenvalue weighted by molar-refractivity contribution is 5.84. The smallest absolute Gasteiger partial charge is 0.170 e. The summed E-state index contributed by atoms with van der Waals surface area (Å²) in [4.78, 5) is 15.8. The molecule has 5 heteroatoms. The molecule has 1 aromatic carbocycles. The zero-order chi connectivity index (χ0) is 16.2. The highest BCUT2D eigenvalue weighted by Crippen LogP contribution is 2.26. The molecule has 0 amide bonds. The van der Waals surface area contributed by atoms with Gasteiger partial charge in [0.25, 0.3) is 0 Å². The van der Waals surface area contributed by atoms with Crippen molar-refractivity contribution in [3.8, 4) is 11.3 Å². The maximum atomic E-state index is 11.4. The van der Waals surface area contributed by atoms with Crippen LogP contribution in [0.2, 0.25) is 0 Å². The Morgan fingerprint density at radius 1 is 1.32 bits per heavy atom.